The maximum Gasteiger partial charge on any atom is 0.361 e. The van der Waals surface area contributed by atoms with Crippen LogP contribution in [0.1, 0.15) is 219 Å². The van der Waals surface area contributed by atoms with E-state index < -0.39 is 24.3 Å². The number of esters is 2. The fourth-order valence-electron chi connectivity index (χ4n) is 8.09. The number of aliphatic carboxylic acids is 1. The third-order valence-electron chi connectivity index (χ3n) is 13.0. The summed E-state index contributed by atoms with van der Waals surface area (Å²) in [6.07, 6.45) is 91.6. The monoisotopic (exact) mass is 1150 g/mol. The second-order valence-electron chi connectivity index (χ2n) is 22.0. The first kappa shape index (κ1) is 77.7. The molecule has 0 saturated heterocycles. The van der Waals surface area contributed by atoms with Gasteiger partial charge in [0.1, 0.15) is 13.2 Å². The summed E-state index contributed by atoms with van der Waals surface area (Å²) in [5.41, 5.74) is 0. The molecule has 0 amide bonds. The van der Waals surface area contributed by atoms with Crippen molar-refractivity contribution in [3.63, 3.8) is 0 Å². The first-order valence-corrected chi connectivity index (χ1v) is 32.3. The van der Waals surface area contributed by atoms with Crippen LogP contribution in [0, 0.1) is 0 Å². The molecule has 2 atom stereocenters. The predicted octanol–water partition coefficient (Wildman–Crippen LogP) is 19.9. The zero-order valence-electron chi connectivity index (χ0n) is 53.0. The highest BCUT2D eigenvalue weighted by Gasteiger charge is 2.25. The number of carboxylic acid groups (broad SMARTS) is 1. The highest BCUT2D eigenvalue weighted by atomic mass is 16.7. The summed E-state index contributed by atoms with van der Waals surface area (Å²) >= 11 is 0. The average Bonchev–Trinajstić information content (AvgIpc) is 3.46. The van der Waals surface area contributed by atoms with Gasteiger partial charge in [-0.3, -0.25) is 9.59 Å². The molecule has 9 heteroatoms. The van der Waals surface area contributed by atoms with Crippen LogP contribution in [-0.2, 0) is 33.3 Å². The van der Waals surface area contributed by atoms with Crippen molar-refractivity contribution >= 4 is 17.9 Å². The Kier molecular flexibility index (Phi) is 58.6. The number of ether oxygens (including phenoxy) is 4. The van der Waals surface area contributed by atoms with Gasteiger partial charge in [-0.2, -0.15) is 0 Å². The minimum Gasteiger partial charge on any atom is -0.477 e. The molecule has 0 spiro atoms. The standard InChI is InChI=1S/C74H117NO8/c1-6-8-10-12-14-16-18-20-22-24-26-27-28-29-30-31-32-33-34-35-36-37-38-39-40-41-42-43-44-45-47-49-51-53-55-57-59-61-63-65-72(77)83-70(69-82-74(73(78)79)80-67-66-75(3,4)5)68-81-71(76)64-62-60-58-56-54-52-50-48-46-25-23-21-19-17-15-13-11-9-7-2/h8-11,14-17,20-23,26-27,29-30,32-33,35-36,38-39,41-42,46,48,52,54,70,74H,6-7,12-13,18-19,24-25,28,31,34,37,40,43-45,47,49-51,53,55-69H2,1-5H3/p+1/b10-8-,11-9-,16-14-,17-15-,22-20-,23-21-,27-26-,30-29-,33-32-,36-35-,39-38-,42-41-,48-46-,54-52-. The molecule has 0 aliphatic rings. The lowest BCUT2D eigenvalue weighted by Gasteiger charge is -2.25. The van der Waals surface area contributed by atoms with Crippen LogP contribution < -0.4 is 0 Å². The number of allylic oxidation sites excluding steroid dienone is 28. The van der Waals surface area contributed by atoms with E-state index >= 15 is 0 Å². The first-order valence-electron chi connectivity index (χ1n) is 32.3. The maximum absolute atomic E-state index is 12.9. The quantitative estimate of drug-likeness (QED) is 0.0211. The molecular formula is C74H118NO8+. The fraction of sp³-hybridized carbons (Fsp3) is 0.581. The summed E-state index contributed by atoms with van der Waals surface area (Å²) in [5, 5.41) is 9.72. The average molecular weight is 1150 g/mol. The van der Waals surface area contributed by atoms with Gasteiger partial charge in [-0.05, 0) is 128 Å². The van der Waals surface area contributed by atoms with Crippen molar-refractivity contribution < 1.29 is 42.9 Å². The summed E-state index contributed by atoms with van der Waals surface area (Å²) in [6, 6.07) is 0. The van der Waals surface area contributed by atoms with E-state index in [1.807, 2.05) is 21.1 Å². The Morgan fingerprint density at radius 2 is 0.651 bits per heavy atom. The first-order chi connectivity index (χ1) is 40.6. The molecule has 0 heterocycles. The van der Waals surface area contributed by atoms with Gasteiger partial charge >= 0.3 is 17.9 Å². The van der Waals surface area contributed by atoms with Gasteiger partial charge in [0.05, 0.1) is 34.4 Å². The Morgan fingerprint density at radius 3 is 0.976 bits per heavy atom. The molecule has 0 aliphatic heterocycles. The van der Waals surface area contributed by atoms with Gasteiger partial charge in [0.25, 0.3) is 6.29 Å². The molecular weight excluding hydrogens is 1030 g/mol. The minimum atomic E-state index is -1.53. The summed E-state index contributed by atoms with van der Waals surface area (Å²) in [5.74, 6) is -2.07. The van der Waals surface area contributed by atoms with E-state index in [1.54, 1.807) is 0 Å². The molecule has 0 saturated carbocycles. The number of quaternary nitrogens is 1. The van der Waals surface area contributed by atoms with Gasteiger partial charge in [0.15, 0.2) is 6.10 Å². The van der Waals surface area contributed by atoms with Crippen molar-refractivity contribution in [2.45, 2.75) is 232 Å². The second kappa shape index (κ2) is 62.7. The van der Waals surface area contributed by atoms with Crippen LogP contribution >= 0.6 is 0 Å². The van der Waals surface area contributed by atoms with E-state index in [1.165, 1.54) is 44.9 Å². The van der Waals surface area contributed by atoms with Crippen molar-refractivity contribution in [2.75, 3.05) is 47.5 Å². The summed E-state index contributed by atoms with van der Waals surface area (Å²) < 4.78 is 22.9. The number of hydrogen-bond donors (Lipinski definition) is 1. The van der Waals surface area contributed by atoms with Gasteiger partial charge in [-0.15, -0.1) is 0 Å². The topological polar surface area (TPSA) is 108 Å². The lowest BCUT2D eigenvalue weighted by molar-refractivity contribution is -0.870. The summed E-state index contributed by atoms with van der Waals surface area (Å²) in [4.78, 5) is 37.5. The Labute approximate surface area is 507 Å². The van der Waals surface area contributed by atoms with Crippen LogP contribution in [0.25, 0.3) is 0 Å². The number of carbonyl (C=O) groups is 3. The van der Waals surface area contributed by atoms with Crippen LogP contribution in [0.4, 0.5) is 0 Å². The highest BCUT2D eigenvalue weighted by molar-refractivity contribution is 5.71. The molecule has 0 rings (SSSR count). The molecule has 1 N–H and O–H groups in total. The van der Waals surface area contributed by atoms with Crippen molar-refractivity contribution in [3.05, 3.63) is 170 Å². The molecule has 83 heavy (non-hydrogen) atoms. The third kappa shape index (κ3) is 64.1. The molecule has 9 nitrogen and oxygen atoms in total. The van der Waals surface area contributed by atoms with Crippen molar-refractivity contribution in [1.29, 1.82) is 0 Å². The lowest BCUT2D eigenvalue weighted by Crippen LogP contribution is -2.40. The SMILES string of the molecule is CC/C=C\C/C=C\C/C=C\C/C=C\C/C=C\C/C=C\C/C=C\C/C=C\C/C=C\CCCCCCCCCCCCCC(=O)OC(COC(=O)CCCCC/C=C\C/C=C\C/C=C\C/C=C\C/C=C\CC)COC(OCC[N+](C)(C)C)C(=O)O. The molecule has 0 aromatic rings. The number of hydrogen-bond acceptors (Lipinski definition) is 7. The Morgan fingerprint density at radius 1 is 0.361 bits per heavy atom. The number of carbonyl (C=O) groups excluding carboxylic acids is 2. The smallest absolute Gasteiger partial charge is 0.361 e. The van der Waals surface area contributed by atoms with Crippen LogP contribution in [0.5, 0.6) is 0 Å². The largest absolute Gasteiger partial charge is 0.477 e. The van der Waals surface area contributed by atoms with E-state index in [-0.39, 0.29) is 38.6 Å². The van der Waals surface area contributed by atoms with Gasteiger partial charge in [0.2, 0.25) is 0 Å². The highest BCUT2D eigenvalue weighted by Crippen LogP contribution is 2.15. The number of rotatable bonds is 57. The van der Waals surface area contributed by atoms with Crippen LogP contribution in [0.15, 0.2) is 170 Å². The zero-order chi connectivity index (χ0) is 60.5. The molecule has 466 valence electrons. The number of likely N-dealkylation sites (N-methyl/N-ethyl adjacent to an activating group) is 1. The summed E-state index contributed by atoms with van der Waals surface area (Å²) in [6.45, 7) is 4.58. The molecule has 0 bridgehead atoms. The van der Waals surface area contributed by atoms with Gasteiger partial charge in [-0.25, -0.2) is 4.79 Å². The van der Waals surface area contributed by atoms with E-state index in [2.05, 4.69) is 184 Å². The van der Waals surface area contributed by atoms with E-state index in [9.17, 15) is 19.5 Å². The van der Waals surface area contributed by atoms with Gasteiger partial charge in [-0.1, -0.05) is 248 Å². The molecule has 0 aromatic carbocycles. The zero-order valence-corrected chi connectivity index (χ0v) is 53.0. The number of unbranched alkanes of at least 4 members (excludes halogenated alkanes) is 14. The predicted molar refractivity (Wildman–Crippen MR) is 354 cm³/mol. The Hall–Kier alpha value is -5.35. The van der Waals surface area contributed by atoms with Crippen LogP contribution in [0.3, 0.4) is 0 Å². The summed E-state index contributed by atoms with van der Waals surface area (Å²) in [7, 11) is 5.95. The minimum absolute atomic E-state index is 0.172. The van der Waals surface area contributed by atoms with E-state index in [0.717, 1.165) is 135 Å². The van der Waals surface area contributed by atoms with Crippen molar-refractivity contribution in [3.8, 4) is 0 Å². The lowest BCUT2D eigenvalue weighted by atomic mass is 10.0. The number of nitrogens with zero attached hydrogens (tertiary/aromatic N) is 1. The Balaban J connectivity index is 4.21. The number of carboxylic acids is 1. The second-order valence-corrected chi connectivity index (χ2v) is 22.0. The van der Waals surface area contributed by atoms with Gasteiger partial charge < -0.3 is 28.5 Å². The molecule has 0 fully saturated rings. The van der Waals surface area contributed by atoms with E-state index in [0.29, 0.717) is 23.9 Å². The fourth-order valence-corrected chi connectivity index (χ4v) is 8.09. The van der Waals surface area contributed by atoms with Crippen molar-refractivity contribution in [1.82, 2.24) is 0 Å². The normalized spacial score (nSPS) is 13.9. The molecule has 0 aliphatic carbocycles. The van der Waals surface area contributed by atoms with Gasteiger partial charge in [0, 0.05) is 12.8 Å². The molecule has 0 radical (unpaired) electrons. The Bertz CT molecular complexity index is 1960. The van der Waals surface area contributed by atoms with E-state index in [4.69, 9.17) is 18.9 Å². The maximum atomic E-state index is 12.9. The van der Waals surface area contributed by atoms with Crippen LogP contribution in [-0.4, -0.2) is 87.4 Å². The molecule has 2 unspecified atom stereocenters. The van der Waals surface area contributed by atoms with Crippen molar-refractivity contribution in [2.24, 2.45) is 0 Å². The van der Waals surface area contributed by atoms with Crippen LogP contribution in [0.2, 0.25) is 0 Å². The third-order valence-corrected chi connectivity index (χ3v) is 13.0. The molecule has 0 aromatic heterocycles.